The van der Waals surface area contributed by atoms with Crippen molar-refractivity contribution in [3.8, 4) is 23.0 Å². The third-order valence-electron chi connectivity index (χ3n) is 3.11. The molecule has 0 aromatic heterocycles. The second kappa shape index (κ2) is 7.93. The molecule has 0 heterocycles. The largest absolute Gasteiger partial charge is 0.497 e. The molecule has 0 fully saturated rings. The molecule has 0 atom stereocenters. The van der Waals surface area contributed by atoms with E-state index in [1.54, 1.807) is 44.6 Å². The molecule has 1 amide bonds. The molecule has 2 aromatic carbocycles. The standard InChI is InChI=1S/C17H19NO5/c1-20-12-8-9-13(16(10-12)22-3)18-17(19)11-23-15-7-5-4-6-14(15)21-2/h4-10H,11H2,1-3H3,(H,18,19). The molecule has 6 heteroatoms. The molecule has 23 heavy (non-hydrogen) atoms. The Bertz CT molecular complexity index is 672. The van der Waals surface area contributed by atoms with Crippen molar-refractivity contribution in [1.82, 2.24) is 0 Å². The highest BCUT2D eigenvalue weighted by molar-refractivity contribution is 5.93. The van der Waals surface area contributed by atoms with E-state index in [0.29, 0.717) is 28.7 Å². The molecule has 0 aliphatic heterocycles. The first-order valence-corrected chi connectivity index (χ1v) is 6.95. The molecular weight excluding hydrogens is 298 g/mol. The molecule has 0 radical (unpaired) electrons. The number of carbonyl (C=O) groups excluding carboxylic acids is 1. The summed E-state index contributed by atoms with van der Waals surface area (Å²) in [6.07, 6.45) is 0. The second-order valence-corrected chi connectivity index (χ2v) is 4.55. The van der Waals surface area contributed by atoms with E-state index in [4.69, 9.17) is 18.9 Å². The van der Waals surface area contributed by atoms with E-state index < -0.39 is 0 Å². The van der Waals surface area contributed by atoms with Crippen molar-refractivity contribution >= 4 is 11.6 Å². The molecule has 0 bridgehead atoms. The summed E-state index contributed by atoms with van der Waals surface area (Å²) in [7, 11) is 4.63. The SMILES string of the molecule is COc1ccc(NC(=O)COc2ccccc2OC)c(OC)c1. The van der Waals surface area contributed by atoms with Crippen LogP contribution in [0.2, 0.25) is 0 Å². The number of anilines is 1. The minimum absolute atomic E-state index is 0.143. The number of benzene rings is 2. The Morgan fingerprint density at radius 3 is 2.26 bits per heavy atom. The molecule has 0 aliphatic carbocycles. The van der Waals surface area contributed by atoms with Crippen LogP contribution in [0, 0.1) is 0 Å². The first kappa shape index (κ1) is 16.5. The molecule has 2 aromatic rings. The summed E-state index contributed by atoms with van der Waals surface area (Å²) in [4.78, 5) is 12.0. The fourth-order valence-corrected chi connectivity index (χ4v) is 1.97. The van der Waals surface area contributed by atoms with Gasteiger partial charge in [0.05, 0.1) is 27.0 Å². The zero-order chi connectivity index (χ0) is 16.7. The smallest absolute Gasteiger partial charge is 0.262 e. The van der Waals surface area contributed by atoms with E-state index in [0.717, 1.165) is 0 Å². The Balaban J connectivity index is 2.00. The molecule has 0 saturated carbocycles. The van der Waals surface area contributed by atoms with Gasteiger partial charge in [0.25, 0.3) is 5.91 Å². The van der Waals surface area contributed by atoms with Gasteiger partial charge in [0.15, 0.2) is 18.1 Å². The van der Waals surface area contributed by atoms with Crippen molar-refractivity contribution in [2.45, 2.75) is 0 Å². The van der Waals surface area contributed by atoms with Crippen molar-refractivity contribution in [2.24, 2.45) is 0 Å². The number of rotatable bonds is 7. The Labute approximate surface area is 134 Å². The lowest BCUT2D eigenvalue weighted by Gasteiger charge is -2.13. The Morgan fingerprint density at radius 1 is 0.913 bits per heavy atom. The van der Waals surface area contributed by atoms with Crippen LogP contribution < -0.4 is 24.3 Å². The summed E-state index contributed by atoms with van der Waals surface area (Å²) in [6, 6.07) is 12.3. The highest BCUT2D eigenvalue weighted by Gasteiger charge is 2.11. The molecule has 1 N–H and O–H groups in total. The highest BCUT2D eigenvalue weighted by Crippen LogP contribution is 2.29. The molecule has 6 nitrogen and oxygen atoms in total. The lowest BCUT2D eigenvalue weighted by Crippen LogP contribution is -2.20. The van der Waals surface area contributed by atoms with Crippen LogP contribution in [0.25, 0.3) is 0 Å². The van der Waals surface area contributed by atoms with Gasteiger partial charge in [0, 0.05) is 6.07 Å². The number of hydrogen-bond acceptors (Lipinski definition) is 5. The monoisotopic (exact) mass is 317 g/mol. The topological polar surface area (TPSA) is 66.0 Å². The van der Waals surface area contributed by atoms with E-state index in [2.05, 4.69) is 5.32 Å². The van der Waals surface area contributed by atoms with Crippen molar-refractivity contribution in [3.05, 3.63) is 42.5 Å². The van der Waals surface area contributed by atoms with Crippen molar-refractivity contribution in [3.63, 3.8) is 0 Å². The predicted octanol–water partition coefficient (Wildman–Crippen LogP) is 2.73. The van der Waals surface area contributed by atoms with Crippen LogP contribution in [0.1, 0.15) is 0 Å². The van der Waals surface area contributed by atoms with Gasteiger partial charge in [-0.1, -0.05) is 12.1 Å². The maximum absolute atomic E-state index is 12.0. The lowest BCUT2D eigenvalue weighted by molar-refractivity contribution is -0.118. The minimum atomic E-state index is -0.306. The van der Waals surface area contributed by atoms with Crippen LogP contribution >= 0.6 is 0 Å². The summed E-state index contributed by atoms with van der Waals surface area (Å²) in [6.45, 7) is -0.143. The molecule has 0 aliphatic rings. The average molecular weight is 317 g/mol. The predicted molar refractivity (Wildman–Crippen MR) is 86.7 cm³/mol. The zero-order valence-electron chi connectivity index (χ0n) is 13.3. The second-order valence-electron chi connectivity index (χ2n) is 4.55. The first-order chi connectivity index (χ1) is 11.2. The van der Waals surface area contributed by atoms with Crippen molar-refractivity contribution in [2.75, 3.05) is 33.3 Å². The van der Waals surface area contributed by atoms with E-state index in [-0.39, 0.29) is 12.5 Å². The van der Waals surface area contributed by atoms with Crippen molar-refractivity contribution in [1.29, 1.82) is 0 Å². The lowest BCUT2D eigenvalue weighted by atomic mass is 10.2. The maximum atomic E-state index is 12.0. The first-order valence-electron chi connectivity index (χ1n) is 6.95. The fourth-order valence-electron chi connectivity index (χ4n) is 1.97. The number of nitrogens with one attached hydrogen (secondary N) is 1. The van der Waals surface area contributed by atoms with Gasteiger partial charge < -0.3 is 24.3 Å². The average Bonchev–Trinajstić information content (AvgIpc) is 2.60. The fraction of sp³-hybridized carbons (Fsp3) is 0.235. The van der Waals surface area contributed by atoms with Gasteiger partial charge in [-0.05, 0) is 24.3 Å². The summed E-state index contributed by atoms with van der Waals surface area (Å²) >= 11 is 0. The minimum Gasteiger partial charge on any atom is -0.497 e. The number of hydrogen-bond donors (Lipinski definition) is 1. The molecule has 122 valence electrons. The Hall–Kier alpha value is -2.89. The molecular formula is C17H19NO5. The van der Waals surface area contributed by atoms with Gasteiger partial charge in [-0.2, -0.15) is 0 Å². The normalized spacial score (nSPS) is 9.87. The van der Waals surface area contributed by atoms with Crippen LogP contribution in [-0.2, 0) is 4.79 Å². The molecule has 2 rings (SSSR count). The van der Waals surface area contributed by atoms with Gasteiger partial charge in [-0.25, -0.2) is 0 Å². The number of carbonyl (C=O) groups is 1. The van der Waals surface area contributed by atoms with Crippen LogP contribution in [0.3, 0.4) is 0 Å². The Morgan fingerprint density at radius 2 is 1.61 bits per heavy atom. The van der Waals surface area contributed by atoms with E-state index in [9.17, 15) is 4.79 Å². The number of methoxy groups -OCH3 is 3. The Kier molecular flexibility index (Phi) is 5.68. The van der Waals surface area contributed by atoms with Gasteiger partial charge >= 0.3 is 0 Å². The van der Waals surface area contributed by atoms with Crippen LogP contribution in [0.15, 0.2) is 42.5 Å². The summed E-state index contributed by atoms with van der Waals surface area (Å²) in [5.41, 5.74) is 0.543. The number of amides is 1. The maximum Gasteiger partial charge on any atom is 0.262 e. The van der Waals surface area contributed by atoms with Gasteiger partial charge in [-0.3, -0.25) is 4.79 Å². The van der Waals surface area contributed by atoms with Crippen LogP contribution in [0.5, 0.6) is 23.0 Å². The van der Waals surface area contributed by atoms with Gasteiger partial charge in [-0.15, -0.1) is 0 Å². The van der Waals surface area contributed by atoms with Crippen LogP contribution in [0.4, 0.5) is 5.69 Å². The number of para-hydroxylation sites is 2. The number of ether oxygens (including phenoxy) is 4. The van der Waals surface area contributed by atoms with Gasteiger partial charge in [0.2, 0.25) is 0 Å². The zero-order valence-corrected chi connectivity index (χ0v) is 13.3. The van der Waals surface area contributed by atoms with Crippen LogP contribution in [-0.4, -0.2) is 33.8 Å². The van der Waals surface area contributed by atoms with E-state index in [1.165, 1.54) is 7.11 Å². The highest BCUT2D eigenvalue weighted by atomic mass is 16.5. The molecule has 0 saturated heterocycles. The summed E-state index contributed by atoms with van der Waals surface area (Å²) in [5.74, 6) is 1.92. The quantitative estimate of drug-likeness (QED) is 0.850. The van der Waals surface area contributed by atoms with E-state index in [1.807, 2.05) is 12.1 Å². The van der Waals surface area contributed by atoms with E-state index >= 15 is 0 Å². The summed E-state index contributed by atoms with van der Waals surface area (Å²) in [5, 5.41) is 2.74. The van der Waals surface area contributed by atoms with Gasteiger partial charge in [0.1, 0.15) is 11.5 Å². The third kappa shape index (κ3) is 4.29. The molecule has 0 spiro atoms. The van der Waals surface area contributed by atoms with Crippen molar-refractivity contribution < 1.29 is 23.7 Å². The molecule has 0 unspecified atom stereocenters. The summed E-state index contributed by atoms with van der Waals surface area (Å²) < 4.78 is 21.0. The third-order valence-corrected chi connectivity index (χ3v) is 3.11.